The van der Waals surface area contributed by atoms with Crippen molar-refractivity contribution in [2.75, 3.05) is 0 Å². The average Bonchev–Trinajstić information content (AvgIpc) is 2.16. The lowest BCUT2D eigenvalue weighted by molar-refractivity contribution is -0.118. The molecule has 0 radical (unpaired) electrons. The van der Waals surface area contributed by atoms with Crippen LogP contribution in [-0.4, -0.2) is 11.6 Å². The third-order valence-electron chi connectivity index (χ3n) is 2.56. The Balaban J connectivity index is 2.42. The summed E-state index contributed by atoms with van der Waals surface area (Å²) < 4.78 is 0. The van der Waals surface area contributed by atoms with Gasteiger partial charge in [-0.2, -0.15) is 0 Å². The first-order valence-electron chi connectivity index (χ1n) is 4.90. The fourth-order valence-corrected chi connectivity index (χ4v) is 1.83. The molecule has 0 N–H and O–H groups in total. The maximum absolute atomic E-state index is 11.7. The highest BCUT2D eigenvalue weighted by Crippen LogP contribution is 2.17. The third kappa shape index (κ3) is 1.74. The van der Waals surface area contributed by atoms with Crippen molar-refractivity contribution in [3.05, 3.63) is 35.4 Å². The summed E-state index contributed by atoms with van der Waals surface area (Å²) in [7, 11) is 0. The second-order valence-electron chi connectivity index (χ2n) is 3.65. The van der Waals surface area contributed by atoms with Crippen LogP contribution in [-0.2, 0) is 11.2 Å². The molecule has 1 aromatic carbocycles. The number of carbonyl (C=O) groups excluding carboxylic acids is 2. The van der Waals surface area contributed by atoms with Crippen LogP contribution >= 0.6 is 0 Å². The van der Waals surface area contributed by atoms with Crippen LogP contribution in [0.2, 0.25) is 0 Å². The number of rotatable bonds is 0. The fraction of sp³-hybridized carbons (Fsp3) is 0.333. The summed E-state index contributed by atoms with van der Waals surface area (Å²) in [4.78, 5) is 23.0. The Hall–Kier alpha value is -1.44. The molecule has 1 aliphatic rings. The summed E-state index contributed by atoms with van der Waals surface area (Å²) in [6.07, 6.45) is 2.16. The van der Waals surface area contributed by atoms with Crippen molar-refractivity contribution in [2.24, 2.45) is 0 Å². The third-order valence-corrected chi connectivity index (χ3v) is 2.56. The lowest BCUT2D eigenvalue weighted by atomic mass is 9.92. The zero-order valence-corrected chi connectivity index (χ0v) is 7.95. The van der Waals surface area contributed by atoms with E-state index in [0.717, 1.165) is 11.1 Å². The van der Waals surface area contributed by atoms with E-state index in [1.165, 1.54) is 0 Å². The van der Waals surface area contributed by atoms with Gasteiger partial charge in [0.05, 0.1) is 0 Å². The number of ketones is 2. The fourth-order valence-electron chi connectivity index (χ4n) is 1.83. The highest BCUT2D eigenvalue weighted by atomic mass is 16.1. The molecule has 2 heteroatoms. The Morgan fingerprint density at radius 1 is 1.00 bits per heavy atom. The molecule has 0 aliphatic heterocycles. The summed E-state index contributed by atoms with van der Waals surface area (Å²) in [6, 6.07) is 7.41. The normalized spacial score (nSPS) is 17.1. The summed E-state index contributed by atoms with van der Waals surface area (Å²) in [6.45, 7) is 0. The van der Waals surface area contributed by atoms with E-state index < -0.39 is 0 Å². The van der Waals surface area contributed by atoms with Gasteiger partial charge in [-0.05, 0) is 12.0 Å². The molecule has 0 bridgehead atoms. The van der Waals surface area contributed by atoms with Gasteiger partial charge in [-0.1, -0.05) is 24.3 Å². The first kappa shape index (κ1) is 9.13. The molecule has 0 aromatic heterocycles. The Bertz CT molecular complexity index is 380. The predicted molar refractivity (Wildman–Crippen MR) is 53.3 cm³/mol. The Labute approximate surface area is 82.9 Å². The molecule has 0 saturated carbocycles. The summed E-state index contributed by atoms with van der Waals surface area (Å²) >= 11 is 0. The van der Waals surface area contributed by atoms with Crippen LogP contribution in [0.3, 0.4) is 0 Å². The number of hydrogen-bond acceptors (Lipinski definition) is 2. The lowest BCUT2D eigenvalue weighted by Gasteiger charge is -2.11. The maximum Gasteiger partial charge on any atom is 0.163 e. The van der Waals surface area contributed by atoms with E-state index in [1.807, 2.05) is 24.3 Å². The van der Waals surface area contributed by atoms with Gasteiger partial charge in [0, 0.05) is 24.8 Å². The van der Waals surface area contributed by atoms with Crippen molar-refractivity contribution in [3.63, 3.8) is 0 Å². The minimum absolute atomic E-state index is 0.174. The minimum Gasteiger partial charge on any atom is -0.299 e. The molecular weight excluding hydrogens is 176 g/mol. The Morgan fingerprint density at radius 2 is 1.79 bits per heavy atom. The van der Waals surface area contributed by atoms with Crippen molar-refractivity contribution in [2.45, 2.75) is 25.7 Å². The molecule has 0 fully saturated rings. The molecule has 0 saturated heterocycles. The van der Waals surface area contributed by atoms with E-state index in [9.17, 15) is 9.59 Å². The number of benzene rings is 1. The van der Waals surface area contributed by atoms with Crippen LogP contribution in [0, 0.1) is 0 Å². The van der Waals surface area contributed by atoms with Crippen LogP contribution in [0.1, 0.15) is 35.2 Å². The largest absolute Gasteiger partial charge is 0.299 e. The molecule has 2 rings (SSSR count). The quantitative estimate of drug-likeness (QED) is 0.625. The molecule has 0 unspecified atom stereocenters. The average molecular weight is 188 g/mol. The second kappa shape index (κ2) is 3.74. The first-order valence-corrected chi connectivity index (χ1v) is 4.90. The van der Waals surface area contributed by atoms with Crippen LogP contribution < -0.4 is 0 Å². The van der Waals surface area contributed by atoms with Gasteiger partial charge >= 0.3 is 0 Å². The van der Waals surface area contributed by atoms with Crippen LogP contribution in [0.5, 0.6) is 0 Å². The van der Waals surface area contributed by atoms with Gasteiger partial charge < -0.3 is 0 Å². The van der Waals surface area contributed by atoms with Crippen molar-refractivity contribution in [3.8, 4) is 0 Å². The molecule has 2 nitrogen and oxygen atoms in total. The predicted octanol–water partition coefficient (Wildman–Crippen LogP) is 2.16. The van der Waals surface area contributed by atoms with E-state index in [-0.39, 0.29) is 11.6 Å². The molecular formula is C12H12O2. The van der Waals surface area contributed by atoms with E-state index in [2.05, 4.69) is 0 Å². The molecule has 0 heterocycles. The number of Topliss-reactive ketones (excluding diaryl/α,β-unsaturated/α-hetero) is 2. The minimum atomic E-state index is 0.174. The monoisotopic (exact) mass is 188 g/mol. The molecule has 14 heavy (non-hydrogen) atoms. The number of carbonyl (C=O) groups is 2. The Kier molecular flexibility index (Phi) is 2.44. The zero-order chi connectivity index (χ0) is 9.97. The lowest BCUT2D eigenvalue weighted by Crippen LogP contribution is -2.13. The molecule has 72 valence electrons. The van der Waals surface area contributed by atoms with Gasteiger partial charge in [0.15, 0.2) is 5.78 Å². The molecule has 1 aliphatic carbocycles. The summed E-state index contributed by atoms with van der Waals surface area (Å²) in [5.74, 6) is 0.415. The highest BCUT2D eigenvalue weighted by Gasteiger charge is 2.16. The summed E-state index contributed by atoms with van der Waals surface area (Å²) in [5, 5.41) is 0. The van der Waals surface area contributed by atoms with E-state index in [1.54, 1.807) is 0 Å². The van der Waals surface area contributed by atoms with Gasteiger partial charge in [-0.15, -0.1) is 0 Å². The first-order chi connectivity index (χ1) is 6.77. The molecule has 0 amide bonds. The van der Waals surface area contributed by atoms with Crippen molar-refractivity contribution < 1.29 is 9.59 Å². The van der Waals surface area contributed by atoms with Crippen LogP contribution in [0.15, 0.2) is 24.3 Å². The van der Waals surface area contributed by atoms with Gasteiger partial charge in [0.25, 0.3) is 0 Å². The van der Waals surface area contributed by atoms with Crippen molar-refractivity contribution in [1.82, 2.24) is 0 Å². The van der Waals surface area contributed by atoms with Crippen molar-refractivity contribution in [1.29, 1.82) is 0 Å². The highest BCUT2D eigenvalue weighted by molar-refractivity contribution is 5.99. The van der Waals surface area contributed by atoms with Crippen LogP contribution in [0.4, 0.5) is 0 Å². The number of hydrogen-bond donors (Lipinski definition) is 0. The molecule has 1 aromatic rings. The molecule has 0 atom stereocenters. The summed E-state index contributed by atoms with van der Waals surface area (Å²) in [5.41, 5.74) is 1.63. The van der Waals surface area contributed by atoms with E-state index in [0.29, 0.717) is 25.7 Å². The standard InChI is InChI=1S/C12H12O2/c13-10-5-3-7-12(14)11-6-2-1-4-9(11)8-10/h1-2,4,6H,3,5,7-8H2. The zero-order valence-electron chi connectivity index (χ0n) is 7.95. The molecule has 0 spiro atoms. The topological polar surface area (TPSA) is 34.1 Å². The van der Waals surface area contributed by atoms with Crippen molar-refractivity contribution >= 4 is 11.6 Å². The van der Waals surface area contributed by atoms with Crippen LogP contribution in [0.25, 0.3) is 0 Å². The Morgan fingerprint density at radius 3 is 2.64 bits per heavy atom. The maximum atomic E-state index is 11.7. The van der Waals surface area contributed by atoms with Gasteiger partial charge in [0.1, 0.15) is 5.78 Å². The van der Waals surface area contributed by atoms with E-state index >= 15 is 0 Å². The smallest absolute Gasteiger partial charge is 0.163 e. The van der Waals surface area contributed by atoms with Gasteiger partial charge in [-0.25, -0.2) is 0 Å². The SMILES string of the molecule is O=C1CCCC(=O)c2ccccc2C1. The second-order valence-corrected chi connectivity index (χ2v) is 3.65. The number of fused-ring (bicyclic) bond motifs is 1. The van der Waals surface area contributed by atoms with Gasteiger partial charge in [-0.3, -0.25) is 9.59 Å². The van der Waals surface area contributed by atoms with Gasteiger partial charge in [0.2, 0.25) is 0 Å². The van der Waals surface area contributed by atoms with E-state index in [4.69, 9.17) is 0 Å².